The fourth-order valence-corrected chi connectivity index (χ4v) is 2.75. The van der Waals surface area contributed by atoms with Crippen LogP contribution in [-0.4, -0.2) is 38.7 Å². The van der Waals surface area contributed by atoms with Crippen LogP contribution in [0.5, 0.6) is 0 Å². The predicted molar refractivity (Wildman–Crippen MR) is 82.7 cm³/mol. The molecule has 1 N–H and O–H groups in total. The van der Waals surface area contributed by atoms with E-state index in [9.17, 15) is 18.0 Å². The van der Waals surface area contributed by atoms with Crippen molar-refractivity contribution >= 4 is 33.3 Å². The van der Waals surface area contributed by atoms with Gasteiger partial charge in [0.05, 0.1) is 27.8 Å². The van der Waals surface area contributed by atoms with Crippen molar-refractivity contribution in [3.63, 3.8) is 0 Å². The van der Waals surface area contributed by atoms with Crippen LogP contribution in [0.4, 0.5) is 0 Å². The molecule has 1 amide bonds. The second-order valence-corrected chi connectivity index (χ2v) is 7.18. The number of sulfone groups is 1. The van der Waals surface area contributed by atoms with Gasteiger partial charge in [-0.05, 0) is 32.0 Å². The van der Waals surface area contributed by atoms with Crippen LogP contribution in [0.2, 0.25) is 5.02 Å². The third kappa shape index (κ3) is 4.45. The van der Waals surface area contributed by atoms with Crippen molar-refractivity contribution in [2.45, 2.75) is 31.7 Å². The fourth-order valence-electron chi connectivity index (χ4n) is 1.64. The Kier molecular flexibility index (Phi) is 6.37. The van der Waals surface area contributed by atoms with Crippen LogP contribution in [0, 0.1) is 0 Å². The Bertz CT molecular complexity index is 672. The maximum atomic E-state index is 12.2. The first kappa shape index (κ1) is 18.4. The second-order valence-electron chi connectivity index (χ2n) is 4.49. The molecule has 0 unspecified atom stereocenters. The van der Waals surface area contributed by atoms with E-state index in [2.05, 4.69) is 5.32 Å². The number of ether oxygens (including phenoxy) is 1. The van der Waals surface area contributed by atoms with E-state index in [0.717, 1.165) is 0 Å². The minimum Gasteiger partial charge on any atom is -0.464 e. The minimum absolute atomic E-state index is 0.00709. The van der Waals surface area contributed by atoms with Gasteiger partial charge in [-0.2, -0.15) is 0 Å². The molecule has 0 saturated heterocycles. The average Bonchev–Trinajstić information content (AvgIpc) is 2.47. The Morgan fingerprint density at radius 3 is 2.50 bits per heavy atom. The Labute approximate surface area is 134 Å². The zero-order valence-corrected chi connectivity index (χ0v) is 14.1. The summed E-state index contributed by atoms with van der Waals surface area (Å²) in [6.07, 6.45) is 0. The van der Waals surface area contributed by atoms with Gasteiger partial charge in [-0.1, -0.05) is 18.5 Å². The lowest BCUT2D eigenvalue weighted by Gasteiger charge is -2.14. The highest BCUT2D eigenvalue weighted by Gasteiger charge is 2.21. The number of hydrogen-bond acceptors (Lipinski definition) is 5. The van der Waals surface area contributed by atoms with Crippen molar-refractivity contribution in [1.29, 1.82) is 0 Å². The van der Waals surface area contributed by atoms with Gasteiger partial charge in [0.25, 0.3) is 5.91 Å². The molecule has 0 aliphatic rings. The lowest BCUT2D eigenvalue weighted by Crippen LogP contribution is -2.39. The Balaban J connectivity index is 3.03. The maximum absolute atomic E-state index is 12.2. The van der Waals surface area contributed by atoms with Gasteiger partial charge < -0.3 is 10.1 Å². The first-order chi connectivity index (χ1) is 10.2. The summed E-state index contributed by atoms with van der Waals surface area (Å²) in [5, 5.41) is 2.53. The Morgan fingerprint density at radius 2 is 1.95 bits per heavy atom. The van der Waals surface area contributed by atoms with Crippen LogP contribution in [0.25, 0.3) is 0 Å². The van der Waals surface area contributed by atoms with Crippen molar-refractivity contribution in [3.05, 3.63) is 28.8 Å². The van der Waals surface area contributed by atoms with Gasteiger partial charge in [0, 0.05) is 0 Å². The van der Waals surface area contributed by atoms with E-state index in [1.54, 1.807) is 6.92 Å². The van der Waals surface area contributed by atoms with Crippen molar-refractivity contribution in [1.82, 2.24) is 5.32 Å². The molecule has 1 atom stereocenters. The monoisotopic (exact) mass is 347 g/mol. The summed E-state index contributed by atoms with van der Waals surface area (Å²) in [6.45, 7) is 4.83. The summed E-state index contributed by atoms with van der Waals surface area (Å²) in [7, 11) is -3.45. The molecule has 0 aromatic heterocycles. The highest BCUT2D eigenvalue weighted by molar-refractivity contribution is 7.91. The van der Waals surface area contributed by atoms with E-state index < -0.39 is 27.8 Å². The molecule has 0 saturated carbocycles. The van der Waals surface area contributed by atoms with Gasteiger partial charge in [0.1, 0.15) is 6.04 Å². The summed E-state index contributed by atoms with van der Waals surface area (Å²) in [5.74, 6) is -1.31. The molecule has 8 heteroatoms. The van der Waals surface area contributed by atoms with Gasteiger partial charge in [0.15, 0.2) is 9.84 Å². The molecule has 0 aliphatic carbocycles. The summed E-state index contributed by atoms with van der Waals surface area (Å²) in [4.78, 5) is 23.7. The Morgan fingerprint density at radius 1 is 1.32 bits per heavy atom. The van der Waals surface area contributed by atoms with E-state index >= 15 is 0 Å². The third-order valence-electron chi connectivity index (χ3n) is 2.91. The second kappa shape index (κ2) is 7.60. The lowest BCUT2D eigenvalue weighted by molar-refractivity contribution is -0.144. The highest BCUT2D eigenvalue weighted by Crippen LogP contribution is 2.21. The van der Waals surface area contributed by atoms with Crippen LogP contribution < -0.4 is 5.32 Å². The molecule has 0 fully saturated rings. The molecule has 1 aromatic carbocycles. The fraction of sp³-hybridized carbons (Fsp3) is 0.429. The molecule has 1 aromatic rings. The number of nitrogens with one attached hydrogen (secondary N) is 1. The van der Waals surface area contributed by atoms with E-state index in [1.807, 2.05) is 0 Å². The molecule has 6 nitrogen and oxygen atoms in total. The molecule has 1 rings (SSSR count). The first-order valence-corrected chi connectivity index (χ1v) is 8.75. The predicted octanol–water partition coefficient (Wildman–Crippen LogP) is 1.81. The molecule has 22 heavy (non-hydrogen) atoms. The molecule has 0 bridgehead atoms. The standard InChI is InChI=1S/C14H18ClNO5S/c1-4-21-14(18)9(3)16-13(17)11-8-10(6-7-12(11)15)22(19,20)5-2/h6-9H,4-5H2,1-3H3,(H,16,17)/t9-/m1/s1. The van der Waals surface area contributed by atoms with Crippen LogP contribution >= 0.6 is 11.6 Å². The molecule has 0 radical (unpaired) electrons. The highest BCUT2D eigenvalue weighted by atomic mass is 35.5. The number of rotatable bonds is 6. The van der Waals surface area contributed by atoms with Gasteiger partial charge in [0.2, 0.25) is 0 Å². The first-order valence-electron chi connectivity index (χ1n) is 6.72. The van der Waals surface area contributed by atoms with Gasteiger partial charge in [-0.25, -0.2) is 13.2 Å². The SMILES string of the molecule is CCOC(=O)[C@@H](C)NC(=O)c1cc(S(=O)(=O)CC)ccc1Cl. The number of carbonyl (C=O) groups excluding carboxylic acids is 2. The molecule has 122 valence electrons. The van der Waals surface area contributed by atoms with Crippen LogP contribution in [-0.2, 0) is 19.4 Å². The zero-order valence-electron chi connectivity index (χ0n) is 12.6. The van der Waals surface area contributed by atoms with Crippen molar-refractivity contribution in [3.8, 4) is 0 Å². The van der Waals surface area contributed by atoms with Crippen LogP contribution in [0.15, 0.2) is 23.1 Å². The van der Waals surface area contributed by atoms with E-state index in [0.29, 0.717) is 0 Å². The normalized spacial score (nSPS) is 12.5. The van der Waals surface area contributed by atoms with Crippen LogP contribution in [0.1, 0.15) is 31.1 Å². The minimum atomic E-state index is -3.45. The number of halogens is 1. The molecule has 0 aliphatic heterocycles. The van der Waals surface area contributed by atoms with Crippen molar-refractivity contribution in [2.24, 2.45) is 0 Å². The smallest absolute Gasteiger partial charge is 0.328 e. The zero-order chi connectivity index (χ0) is 16.9. The quantitative estimate of drug-likeness (QED) is 0.793. The molecular weight excluding hydrogens is 330 g/mol. The number of amides is 1. The van der Waals surface area contributed by atoms with Crippen molar-refractivity contribution in [2.75, 3.05) is 12.4 Å². The number of carbonyl (C=O) groups is 2. The van der Waals surface area contributed by atoms with E-state index in [1.165, 1.54) is 32.0 Å². The summed E-state index contributed by atoms with van der Waals surface area (Å²) in [6, 6.07) is 3.02. The Hall–Kier alpha value is -1.60. The number of benzene rings is 1. The summed E-state index contributed by atoms with van der Waals surface area (Å²) in [5.41, 5.74) is -0.00709. The van der Waals surface area contributed by atoms with Gasteiger partial charge >= 0.3 is 5.97 Å². The maximum Gasteiger partial charge on any atom is 0.328 e. The van der Waals surface area contributed by atoms with E-state index in [4.69, 9.17) is 16.3 Å². The summed E-state index contributed by atoms with van der Waals surface area (Å²) < 4.78 is 28.5. The summed E-state index contributed by atoms with van der Waals surface area (Å²) >= 11 is 5.94. The number of esters is 1. The average molecular weight is 348 g/mol. The van der Waals surface area contributed by atoms with E-state index in [-0.39, 0.29) is 27.8 Å². The molecule has 0 spiro atoms. The number of hydrogen-bond donors (Lipinski definition) is 1. The third-order valence-corrected chi connectivity index (χ3v) is 4.97. The lowest BCUT2D eigenvalue weighted by atomic mass is 10.2. The molecular formula is C14H18ClNO5S. The van der Waals surface area contributed by atoms with Crippen molar-refractivity contribution < 1.29 is 22.7 Å². The van der Waals surface area contributed by atoms with Crippen LogP contribution in [0.3, 0.4) is 0 Å². The largest absolute Gasteiger partial charge is 0.464 e. The van der Waals surface area contributed by atoms with Gasteiger partial charge in [-0.3, -0.25) is 4.79 Å². The van der Waals surface area contributed by atoms with Gasteiger partial charge in [-0.15, -0.1) is 0 Å². The molecule has 0 heterocycles. The topological polar surface area (TPSA) is 89.5 Å².